The van der Waals surface area contributed by atoms with Crippen LogP contribution < -0.4 is 5.32 Å². The molecule has 2 aliphatic rings. The highest BCUT2D eigenvalue weighted by Crippen LogP contribution is 2.33. The van der Waals surface area contributed by atoms with Gasteiger partial charge in [0.05, 0.1) is 12.0 Å². The molecular weight excluding hydrogens is 356 g/mol. The maximum absolute atomic E-state index is 12.9. The number of benzene rings is 1. The largest absolute Gasteiger partial charge is 0.344 e. The van der Waals surface area contributed by atoms with E-state index in [0.717, 1.165) is 36.1 Å². The van der Waals surface area contributed by atoms with Crippen molar-refractivity contribution >= 4 is 23.2 Å². The van der Waals surface area contributed by atoms with E-state index in [1.54, 1.807) is 11.3 Å². The molecule has 1 aliphatic heterocycles. The Balaban J connectivity index is 1.50. The Kier molecular flexibility index (Phi) is 5.30. The second-order valence-electron chi connectivity index (χ2n) is 7.63. The zero-order valence-electron chi connectivity index (χ0n) is 15.7. The van der Waals surface area contributed by atoms with Gasteiger partial charge in [-0.2, -0.15) is 0 Å². The fourth-order valence-electron chi connectivity index (χ4n) is 3.85. The number of nitrogens with one attached hydrogen (secondary N) is 1. The molecule has 0 bridgehead atoms. The van der Waals surface area contributed by atoms with Crippen LogP contribution in [-0.2, 0) is 16.0 Å². The smallest absolute Gasteiger partial charge is 0.226 e. The van der Waals surface area contributed by atoms with Gasteiger partial charge in [-0.25, -0.2) is 0 Å². The first-order chi connectivity index (χ1) is 13.2. The van der Waals surface area contributed by atoms with Gasteiger partial charge in [-0.3, -0.25) is 9.59 Å². The van der Waals surface area contributed by atoms with Crippen LogP contribution in [0.2, 0.25) is 0 Å². The number of amides is 2. The third kappa shape index (κ3) is 4.08. The summed E-state index contributed by atoms with van der Waals surface area (Å²) < 4.78 is 0. The van der Waals surface area contributed by atoms with Gasteiger partial charge in [-0.1, -0.05) is 43.7 Å². The first-order valence-electron chi connectivity index (χ1n) is 9.87. The molecule has 2 heterocycles. The fourth-order valence-corrected chi connectivity index (χ4v) is 4.65. The predicted octanol–water partition coefficient (Wildman–Crippen LogP) is 3.92. The van der Waals surface area contributed by atoms with Gasteiger partial charge < -0.3 is 10.2 Å². The first-order valence-corrected chi connectivity index (χ1v) is 10.8. The van der Waals surface area contributed by atoms with Crippen LogP contribution >= 0.6 is 11.3 Å². The summed E-state index contributed by atoms with van der Waals surface area (Å²) in [6.45, 7) is 2.75. The highest BCUT2D eigenvalue weighted by Gasteiger charge is 2.42. The number of aryl methyl sites for hydroxylation is 1. The van der Waals surface area contributed by atoms with Crippen LogP contribution in [0.5, 0.6) is 0 Å². The minimum absolute atomic E-state index is 0.0115. The Hall–Kier alpha value is -2.14. The first kappa shape index (κ1) is 18.2. The molecule has 0 radical (unpaired) electrons. The molecule has 1 aromatic carbocycles. The molecule has 1 saturated heterocycles. The lowest BCUT2D eigenvalue weighted by atomic mass is 10.0. The van der Waals surface area contributed by atoms with Gasteiger partial charge in [0.1, 0.15) is 0 Å². The molecule has 4 rings (SSSR count). The third-order valence-electron chi connectivity index (χ3n) is 5.48. The van der Waals surface area contributed by atoms with E-state index in [-0.39, 0.29) is 23.8 Å². The van der Waals surface area contributed by atoms with Crippen LogP contribution in [0.25, 0.3) is 0 Å². The van der Waals surface area contributed by atoms with E-state index in [9.17, 15) is 9.59 Å². The van der Waals surface area contributed by atoms with Crippen molar-refractivity contribution in [3.05, 3.63) is 57.8 Å². The highest BCUT2D eigenvalue weighted by molar-refractivity contribution is 7.10. The molecule has 1 saturated carbocycles. The quantitative estimate of drug-likeness (QED) is 0.789. The molecule has 4 nitrogen and oxygen atoms in total. The Bertz CT molecular complexity index is 796. The van der Waals surface area contributed by atoms with E-state index in [2.05, 4.69) is 42.6 Å². The monoisotopic (exact) mass is 382 g/mol. The number of likely N-dealkylation sites (tertiary alicyclic amines) is 1. The Morgan fingerprint density at radius 2 is 2.04 bits per heavy atom. The molecule has 0 spiro atoms. The van der Waals surface area contributed by atoms with Gasteiger partial charge in [0.2, 0.25) is 11.8 Å². The Labute approximate surface area is 164 Å². The third-order valence-corrected chi connectivity index (χ3v) is 6.42. The molecule has 27 heavy (non-hydrogen) atoms. The molecule has 1 N–H and O–H groups in total. The van der Waals surface area contributed by atoms with Crippen LogP contribution in [0.1, 0.15) is 54.7 Å². The number of nitrogens with zero attached hydrogens (tertiary/aromatic N) is 1. The lowest BCUT2D eigenvalue weighted by Crippen LogP contribution is -2.36. The molecule has 2 aromatic rings. The van der Waals surface area contributed by atoms with Crippen molar-refractivity contribution < 1.29 is 9.59 Å². The molecule has 142 valence electrons. The molecule has 2 fully saturated rings. The summed E-state index contributed by atoms with van der Waals surface area (Å²) in [5.41, 5.74) is 2.41. The number of carbonyl (C=O) groups is 2. The molecule has 5 heteroatoms. The summed E-state index contributed by atoms with van der Waals surface area (Å²) in [6, 6.07) is 12.8. The number of hydrogen-bond acceptors (Lipinski definition) is 3. The zero-order chi connectivity index (χ0) is 18.8. The molecule has 1 aromatic heterocycles. The van der Waals surface area contributed by atoms with E-state index < -0.39 is 0 Å². The number of thiophene rings is 1. The summed E-state index contributed by atoms with van der Waals surface area (Å²) in [6.07, 6.45) is 4.70. The van der Waals surface area contributed by atoms with Crippen molar-refractivity contribution in [1.82, 2.24) is 10.2 Å². The average Bonchev–Trinajstić information content (AvgIpc) is 3.21. The summed E-state index contributed by atoms with van der Waals surface area (Å²) in [4.78, 5) is 28.2. The molecular formula is C22H26N2O2S. The van der Waals surface area contributed by atoms with Crippen molar-refractivity contribution in [3.63, 3.8) is 0 Å². The van der Waals surface area contributed by atoms with Gasteiger partial charge in [-0.15, -0.1) is 11.3 Å². The fraction of sp³-hybridized carbons (Fsp3) is 0.455. The van der Waals surface area contributed by atoms with Crippen molar-refractivity contribution in [2.45, 2.75) is 51.1 Å². The standard InChI is InChI=1S/C22H26N2O2S/c1-2-4-15-6-8-16(9-7-15)21(19-5-3-12-27-19)23-22(26)17-13-20(25)24(14-17)18-10-11-18/h3,5-9,12,17-18,21H,2,4,10-11,13-14H2,1H3,(H,23,26)/t17-,21+/m1/s1. The van der Waals surface area contributed by atoms with Crippen molar-refractivity contribution in [2.75, 3.05) is 6.54 Å². The Morgan fingerprint density at radius 3 is 2.67 bits per heavy atom. The molecule has 0 unspecified atom stereocenters. The van der Waals surface area contributed by atoms with E-state index in [1.165, 1.54) is 5.56 Å². The minimum Gasteiger partial charge on any atom is -0.344 e. The summed E-state index contributed by atoms with van der Waals surface area (Å²) in [5.74, 6) is -0.114. The van der Waals surface area contributed by atoms with E-state index in [1.807, 2.05) is 16.3 Å². The molecule has 2 atom stereocenters. The van der Waals surface area contributed by atoms with Crippen LogP contribution in [-0.4, -0.2) is 29.3 Å². The topological polar surface area (TPSA) is 49.4 Å². The average molecular weight is 383 g/mol. The maximum Gasteiger partial charge on any atom is 0.226 e. The zero-order valence-corrected chi connectivity index (χ0v) is 16.5. The number of carbonyl (C=O) groups excluding carboxylic acids is 2. The van der Waals surface area contributed by atoms with E-state index >= 15 is 0 Å². The lowest BCUT2D eigenvalue weighted by Gasteiger charge is -2.21. The van der Waals surface area contributed by atoms with Crippen molar-refractivity contribution in [3.8, 4) is 0 Å². The molecule has 2 amide bonds. The van der Waals surface area contributed by atoms with Gasteiger partial charge in [-0.05, 0) is 41.8 Å². The van der Waals surface area contributed by atoms with Crippen molar-refractivity contribution in [1.29, 1.82) is 0 Å². The minimum atomic E-state index is -0.236. The van der Waals surface area contributed by atoms with Gasteiger partial charge in [0.15, 0.2) is 0 Å². The predicted molar refractivity (Wildman–Crippen MR) is 108 cm³/mol. The lowest BCUT2D eigenvalue weighted by molar-refractivity contribution is -0.129. The molecule has 1 aliphatic carbocycles. The number of hydrogen-bond donors (Lipinski definition) is 1. The second kappa shape index (κ2) is 7.85. The summed E-state index contributed by atoms with van der Waals surface area (Å²) in [7, 11) is 0. The van der Waals surface area contributed by atoms with Crippen molar-refractivity contribution in [2.24, 2.45) is 5.92 Å². The second-order valence-corrected chi connectivity index (χ2v) is 8.61. The SMILES string of the molecule is CCCc1ccc([C@H](NC(=O)[C@@H]2CC(=O)N(C3CC3)C2)c2cccs2)cc1. The Morgan fingerprint density at radius 1 is 1.26 bits per heavy atom. The summed E-state index contributed by atoms with van der Waals surface area (Å²) in [5, 5.41) is 5.26. The van der Waals surface area contributed by atoms with Gasteiger partial charge >= 0.3 is 0 Å². The van der Waals surface area contributed by atoms with Crippen LogP contribution in [0.15, 0.2) is 41.8 Å². The maximum atomic E-state index is 12.9. The van der Waals surface area contributed by atoms with E-state index in [0.29, 0.717) is 19.0 Å². The van der Waals surface area contributed by atoms with Crippen LogP contribution in [0.3, 0.4) is 0 Å². The van der Waals surface area contributed by atoms with Crippen LogP contribution in [0, 0.1) is 5.92 Å². The number of rotatable bonds is 7. The normalized spacial score (nSPS) is 20.7. The van der Waals surface area contributed by atoms with Gasteiger partial charge in [0.25, 0.3) is 0 Å². The summed E-state index contributed by atoms with van der Waals surface area (Å²) >= 11 is 1.65. The highest BCUT2D eigenvalue weighted by atomic mass is 32.1. The van der Waals surface area contributed by atoms with E-state index in [4.69, 9.17) is 0 Å². The van der Waals surface area contributed by atoms with Gasteiger partial charge in [0, 0.05) is 23.9 Å². The van der Waals surface area contributed by atoms with Crippen LogP contribution in [0.4, 0.5) is 0 Å².